The van der Waals surface area contributed by atoms with Crippen molar-refractivity contribution in [3.05, 3.63) is 12.2 Å². The summed E-state index contributed by atoms with van der Waals surface area (Å²) in [4.78, 5) is 11.3. The Labute approximate surface area is 92.0 Å². The van der Waals surface area contributed by atoms with Crippen LogP contribution in [0, 0.1) is 5.92 Å². The van der Waals surface area contributed by atoms with Crippen LogP contribution in [0.1, 0.15) is 20.8 Å². The van der Waals surface area contributed by atoms with Crippen LogP contribution in [0.15, 0.2) is 12.2 Å². The summed E-state index contributed by atoms with van der Waals surface area (Å²) < 4.78 is 5.33. The minimum atomic E-state index is -1.97. The second kappa shape index (κ2) is 4.98. The van der Waals surface area contributed by atoms with E-state index in [0.29, 0.717) is 5.57 Å². The van der Waals surface area contributed by atoms with Gasteiger partial charge in [-0.2, -0.15) is 11.1 Å². The monoisotopic (exact) mass is 234 g/mol. The lowest BCUT2D eigenvalue weighted by atomic mass is 10.2. The van der Waals surface area contributed by atoms with Crippen LogP contribution in [-0.2, 0) is 9.53 Å². The number of carbonyl (C=O) groups is 1. The van der Waals surface area contributed by atoms with Gasteiger partial charge < -0.3 is 4.74 Å². The third-order valence-electron chi connectivity index (χ3n) is 1.86. The Kier molecular flexibility index (Phi) is 4.88. The van der Waals surface area contributed by atoms with Crippen molar-refractivity contribution in [2.45, 2.75) is 39.6 Å². The number of carbonyl (C=O) groups excluding carboxylic acids is 1. The Hall–Kier alpha value is -0.283. The van der Waals surface area contributed by atoms with E-state index in [9.17, 15) is 4.79 Å². The molecule has 0 bridgehead atoms. The number of hydrogen-bond donors (Lipinski definition) is 0. The summed E-state index contributed by atoms with van der Waals surface area (Å²) in [5.74, 6) is -0.0950. The van der Waals surface area contributed by atoms with Gasteiger partial charge in [-0.3, -0.25) is 0 Å². The van der Waals surface area contributed by atoms with Gasteiger partial charge in [0.1, 0.15) is 5.73 Å². The number of esters is 1. The summed E-state index contributed by atoms with van der Waals surface area (Å²) in [6.07, 6.45) is 0. The molecule has 0 radical (unpaired) electrons. The quantitative estimate of drug-likeness (QED) is 0.323. The molecule has 0 aromatic rings. The van der Waals surface area contributed by atoms with Crippen molar-refractivity contribution in [1.82, 2.24) is 0 Å². The fourth-order valence-corrected chi connectivity index (χ4v) is 4.15. The van der Waals surface area contributed by atoms with E-state index in [-0.39, 0.29) is 17.6 Å². The van der Waals surface area contributed by atoms with Crippen molar-refractivity contribution in [2.75, 3.05) is 0 Å². The van der Waals surface area contributed by atoms with Gasteiger partial charge in [-0.15, -0.1) is 0 Å². The minimum absolute atomic E-state index is 0.159. The van der Waals surface area contributed by atoms with Crippen molar-refractivity contribution in [3.63, 3.8) is 0 Å². The molecule has 1 unspecified atom stereocenters. The largest absolute Gasteiger partial charge is 0.461 e. The molecule has 14 heavy (non-hydrogen) atoms. The predicted octanol–water partition coefficient (Wildman–Crippen LogP) is 3.11. The molecule has 0 amide bonds. The molecular formula is C10H19ClO2Si. The van der Waals surface area contributed by atoms with Crippen LogP contribution < -0.4 is 0 Å². The molecule has 0 fully saturated rings. The smallest absolute Gasteiger partial charge is 0.333 e. The Morgan fingerprint density at radius 3 is 2.07 bits per heavy atom. The highest BCUT2D eigenvalue weighted by atomic mass is 35.6. The SMILES string of the molecule is C=C(C)C(=O)OC(C(C)C)[Si](C)(C)Cl. The fraction of sp³-hybridized carbons (Fsp3) is 0.700. The molecule has 0 saturated carbocycles. The molecule has 0 rings (SSSR count). The highest BCUT2D eigenvalue weighted by molar-refractivity contribution is 7.19. The molecule has 0 aliphatic heterocycles. The van der Waals surface area contributed by atoms with Gasteiger partial charge in [-0.25, -0.2) is 4.79 Å². The van der Waals surface area contributed by atoms with Gasteiger partial charge in [0.25, 0.3) is 0 Å². The van der Waals surface area contributed by atoms with Crippen molar-refractivity contribution >= 4 is 24.4 Å². The first kappa shape index (κ1) is 13.7. The molecule has 82 valence electrons. The summed E-state index contributed by atoms with van der Waals surface area (Å²) in [5.41, 5.74) is 0.263. The highest BCUT2D eigenvalue weighted by Crippen LogP contribution is 2.23. The molecule has 4 heteroatoms. The maximum absolute atomic E-state index is 11.3. The van der Waals surface area contributed by atoms with E-state index in [1.807, 2.05) is 26.9 Å². The van der Waals surface area contributed by atoms with Crippen LogP contribution >= 0.6 is 11.1 Å². The lowest BCUT2D eigenvalue weighted by molar-refractivity contribution is -0.142. The molecule has 0 N–H and O–H groups in total. The average molecular weight is 235 g/mol. The summed E-state index contributed by atoms with van der Waals surface area (Å²) >= 11 is 6.27. The topological polar surface area (TPSA) is 26.3 Å². The maximum atomic E-state index is 11.3. The predicted molar refractivity (Wildman–Crippen MR) is 62.9 cm³/mol. The van der Waals surface area contributed by atoms with E-state index < -0.39 is 7.38 Å². The first-order valence-corrected chi connectivity index (χ1v) is 8.80. The molecular weight excluding hydrogens is 216 g/mol. The third-order valence-corrected chi connectivity index (χ3v) is 4.65. The fourth-order valence-electron chi connectivity index (χ4n) is 1.28. The van der Waals surface area contributed by atoms with E-state index >= 15 is 0 Å². The minimum Gasteiger partial charge on any atom is -0.461 e. The average Bonchev–Trinajstić information content (AvgIpc) is 1.96. The van der Waals surface area contributed by atoms with Gasteiger partial charge in [-0.05, 0) is 12.8 Å². The van der Waals surface area contributed by atoms with Crippen LogP contribution in [-0.4, -0.2) is 19.1 Å². The Balaban J connectivity index is 4.56. The molecule has 0 aliphatic carbocycles. The zero-order valence-electron chi connectivity index (χ0n) is 9.56. The van der Waals surface area contributed by atoms with Crippen LogP contribution in [0.5, 0.6) is 0 Å². The Morgan fingerprint density at radius 2 is 1.86 bits per heavy atom. The lowest BCUT2D eigenvalue weighted by Gasteiger charge is -2.29. The molecule has 0 aromatic carbocycles. The first-order chi connectivity index (χ1) is 6.16. The van der Waals surface area contributed by atoms with Gasteiger partial charge in [0.15, 0.2) is 7.38 Å². The van der Waals surface area contributed by atoms with Gasteiger partial charge >= 0.3 is 5.97 Å². The number of ether oxygens (including phenoxy) is 1. The van der Waals surface area contributed by atoms with E-state index in [0.717, 1.165) is 0 Å². The van der Waals surface area contributed by atoms with Gasteiger partial charge in [0.05, 0.1) is 0 Å². The Bertz CT molecular complexity index is 231. The molecule has 1 atom stereocenters. The Morgan fingerprint density at radius 1 is 1.43 bits per heavy atom. The summed E-state index contributed by atoms with van der Waals surface area (Å²) in [6, 6.07) is 0. The highest BCUT2D eigenvalue weighted by Gasteiger charge is 2.35. The van der Waals surface area contributed by atoms with Crippen LogP contribution in [0.2, 0.25) is 13.1 Å². The second-order valence-electron chi connectivity index (χ2n) is 4.41. The standard InChI is InChI=1S/C10H19ClO2Si/c1-7(2)9(12)13-10(8(3)4)14(5,6)11/h8,10H,1H2,2-6H3. The molecule has 0 aromatic heterocycles. The summed E-state index contributed by atoms with van der Waals surface area (Å²) in [6.45, 7) is 13.2. The summed E-state index contributed by atoms with van der Waals surface area (Å²) in [5, 5.41) is 0. The summed E-state index contributed by atoms with van der Waals surface area (Å²) in [7, 11) is -1.97. The van der Waals surface area contributed by atoms with Crippen molar-refractivity contribution in [2.24, 2.45) is 5.92 Å². The van der Waals surface area contributed by atoms with E-state index in [4.69, 9.17) is 15.8 Å². The van der Waals surface area contributed by atoms with Crippen LogP contribution in [0.25, 0.3) is 0 Å². The molecule has 0 saturated heterocycles. The van der Waals surface area contributed by atoms with Crippen LogP contribution in [0.3, 0.4) is 0 Å². The zero-order chi connectivity index (χ0) is 11.5. The normalized spacial score (nSPS) is 13.9. The molecule has 0 spiro atoms. The molecule has 0 heterocycles. The first-order valence-electron chi connectivity index (χ1n) is 4.71. The second-order valence-corrected chi connectivity index (χ2v) is 11.0. The van der Waals surface area contributed by atoms with Crippen LogP contribution in [0.4, 0.5) is 0 Å². The maximum Gasteiger partial charge on any atom is 0.333 e. The molecule has 2 nitrogen and oxygen atoms in total. The zero-order valence-corrected chi connectivity index (χ0v) is 11.3. The number of rotatable bonds is 4. The van der Waals surface area contributed by atoms with Gasteiger partial charge in [-0.1, -0.05) is 33.5 Å². The molecule has 0 aliphatic rings. The third kappa shape index (κ3) is 4.29. The van der Waals surface area contributed by atoms with Crippen molar-refractivity contribution in [3.8, 4) is 0 Å². The van der Waals surface area contributed by atoms with E-state index in [1.54, 1.807) is 6.92 Å². The van der Waals surface area contributed by atoms with Gasteiger partial charge in [0.2, 0.25) is 0 Å². The lowest BCUT2D eigenvalue weighted by Crippen LogP contribution is -2.43. The number of halogens is 1. The van der Waals surface area contributed by atoms with Gasteiger partial charge in [0, 0.05) is 5.57 Å². The van der Waals surface area contributed by atoms with Crippen molar-refractivity contribution in [1.29, 1.82) is 0 Å². The number of hydrogen-bond acceptors (Lipinski definition) is 2. The van der Waals surface area contributed by atoms with E-state index in [2.05, 4.69) is 6.58 Å². The van der Waals surface area contributed by atoms with E-state index in [1.165, 1.54) is 0 Å². The van der Waals surface area contributed by atoms with Crippen molar-refractivity contribution < 1.29 is 9.53 Å².